The van der Waals surface area contributed by atoms with E-state index in [-0.39, 0.29) is 6.10 Å². The van der Waals surface area contributed by atoms with Gasteiger partial charge in [-0.05, 0) is 25.1 Å². The van der Waals surface area contributed by atoms with Crippen LogP contribution in [0.5, 0.6) is 11.5 Å². The highest BCUT2D eigenvalue weighted by atomic mass is 16.5. The van der Waals surface area contributed by atoms with E-state index in [1.165, 1.54) is 5.56 Å². The zero-order valence-corrected chi connectivity index (χ0v) is 11.2. The molecule has 0 radical (unpaired) electrons. The smallest absolute Gasteiger partial charge is 0.124 e. The molecule has 0 fully saturated rings. The van der Waals surface area contributed by atoms with Crippen molar-refractivity contribution in [3.05, 3.63) is 23.8 Å². The highest BCUT2D eigenvalue weighted by Crippen LogP contribution is 2.34. The second-order valence-electron chi connectivity index (χ2n) is 4.55. The lowest BCUT2D eigenvalue weighted by Gasteiger charge is -2.28. The molecule has 2 rings (SSSR count). The molecule has 0 aliphatic carbocycles. The van der Waals surface area contributed by atoms with Crippen LogP contribution in [0.4, 0.5) is 0 Å². The Bertz CT molecular complexity index is 395. The molecule has 100 valence electrons. The minimum Gasteiger partial charge on any atom is -0.497 e. The molecular weight excluding hydrogens is 230 g/mol. The number of hydrogen-bond donors (Lipinski definition) is 1. The van der Waals surface area contributed by atoms with Crippen LogP contribution < -0.4 is 14.8 Å². The van der Waals surface area contributed by atoms with E-state index >= 15 is 0 Å². The van der Waals surface area contributed by atoms with Gasteiger partial charge in [0.2, 0.25) is 0 Å². The molecule has 2 atom stereocenters. The van der Waals surface area contributed by atoms with Crippen molar-refractivity contribution in [3.8, 4) is 11.5 Å². The van der Waals surface area contributed by atoms with Gasteiger partial charge in [-0.25, -0.2) is 0 Å². The zero-order chi connectivity index (χ0) is 13.0. The summed E-state index contributed by atoms with van der Waals surface area (Å²) in [5.41, 5.74) is 1.17. The molecule has 1 aliphatic heterocycles. The monoisotopic (exact) mass is 251 g/mol. The van der Waals surface area contributed by atoms with E-state index in [1.54, 1.807) is 14.2 Å². The van der Waals surface area contributed by atoms with E-state index in [0.717, 1.165) is 31.1 Å². The van der Waals surface area contributed by atoms with Gasteiger partial charge in [0.25, 0.3) is 0 Å². The van der Waals surface area contributed by atoms with Crippen LogP contribution in [0.1, 0.15) is 24.9 Å². The largest absolute Gasteiger partial charge is 0.497 e. The van der Waals surface area contributed by atoms with Gasteiger partial charge in [0.05, 0.1) is 19.8 Å². The predicted octanol–water partition coefficient (Wildman–Crippen LogP) is 2.14. The van der Waals surface area contributed by atoms with Gasteiger partial charge >= 0.3 is 0 Å². The Labute approximate surface area is 108 Å². The summed E-state index contributed by atoms with van der Waals surface area (Å²) in [5.74, 6) is 1.82. The molecule has 4 nitrogen and oxygen atoms in total. The summed E-state index contributed by atoms with van der Waals surface area (Å²) in [7, 11) is 3.41. The lowest BCUT2D eigenvalue weighted by atomic mass is 10.00. The van der Waals surface area contributed by atoms with Gasteiger partial charge in [-0.3, -0.25) is 0 Å². The minimum atomic E-state index is 0.210. The second-order valence-corrected chi connectivity index (χ2v) is 4.55. The van der Waals surface area contributed by atoms with Crippen LogP contribution in [0.15, 0.2) is 18.2 Å². The maximum atomic E-state index is 5.66. The molecule has 18 heavy (non-hydrogen) atoms. The maximum absolute atomic E-state index is 5.66. The number of hydrogen-bond acceptors (Lipinski definition) is 4. The Kier molecular flexibility index (Phi) is 4.44. The van der Waals surface area contributed by atoms with Crippen molar-refractivity contribution in [1.82, 2.24) is 5.32 Å². The third-order valence-corrected chi connectivity index (χ3v) is 3.31. The topological polar surface area (TPSA) is 39.7 Å². The fourth-order valence-electron chi connectivity index (χ4n) is 2.10. The first-order valence-corrected chi connectivity index (χ1v) is 6.31. The van der Waals surface area contributed by atoms with Gasteiger partial charge in [0, 0.05) is 31.7 Å². The van der Waals surface area contributed by atoms with E-state index in [9.17, 15) is 0 Å². The Balaban J connectivity index is 2.10. The van der Waals surface area contributed by atoms with Gasteiger partial charge < -0.3 is 19.5 Å². The summed E-state index contributed by atoms with van der Waals surface area (Å²) in [6, 6.07) is 6.26. The van der Waals surface area contributed by atoms with Gasteiger partial charge in [0.15, 0.2) is 0 Å². The molecule has 1 aromatic carbocycles. The van der Waals surface area contributed by atoms with Crippen LogP contribution in [0, 0.1) is 0 Å². The van der Waals surface area contributed by atoms with Crippen molar-refractivity contribution >= 4 is 0 Å². The third-order valence-electron chi connectivity index (χ3n) is 3.31. The molecule has 0 spiro atoms. The predicted molar refractivity (Wildman–Crippen MR) is 70.3 cm³/mol. The number of rotatable bonds is 5. The first kappa shape index (κ1) is 13.2. The fraction of sp³-hybridized carbons (Fsp3) is 0.571. The summed E-state index contributed by atoms with van der Waals surface area (Å²) in [6.07, 6.45) is 1.18. The van der Waals surface area contributed by atoms with Crippen LogP contribution in [0.3, 0.4) is 0 Å². The Hall–Kier alpha value is -1.26. The van der Waals surface area contributed by atoms with E-state index < -0.39 is 0 Å². The van der Waals surface area contributed by atoms with Crippen LogP contribution in [-0.4, -0.2) is 33.5 Å². The van der Waals surface area contributed by atoms with Crippen molar-refractivity contribution in [2.24, 2.45) is 0 Å². The van der Waals surface area contributed by atoms with Gasteiger partial charge in [-0.2, -0.15) is 0 Å². The summed E-state index contributed by atoms with van der Waals surface area (Å²) in [6.45, 7) is 3.63. The number of fused-ring (bicyclic) bond motifs is 1. The fourth-order valence-corrected chi connectivity index (χ4v) is 2.10. The van der Waals surface area contributed by atoms with Crippen molar-refractivity contribution < 1.29 is 14.2 Å². The van der Waals surface area contributed by atoms with Crippen LogP contribution >= 0.6 is 0 Å². The van der Waals surface area contributed by atoms with E-state index in [4.69, 9.17) is 14.2 Å². The molecule has 0 amide bonds. The molecule has 1 aliphatic rings. The number of ether oxygens (including phenoxy) is 3. The first-order valence-electron chi connectivity index (χ1n) is 6.31. The molecule has 0 saturated heterocycles. The summed E-state index contributed by atoms with van der Waals surface area (Å²) in [4.78, 5) is 0. The third kappa shape index (κ3) is 2.94. The minimum absolute atomic E-state index is 0.210. The molecule has 1 N–H and O–H groups in total. The van der Waals surface area contributed by atoms with E-state index in [2.05, 4.69) is 12.2 Å². The van der Waals surface area contributed by atoms with Crippen molar-refractivity contribution in [1.29, 1.82) is 0 Å². The number of benzene rings is 1. The Morgan fingerprint density at radius 1 is 1.44 bits per heavy atom. The lowest BCUT2D eigenvalue weighted by molar-refractivity contribution is 0.111. The molecule has 0 bridgehead atoms. The zero-order valence-electron chi connectivity index (χ0n) is 11.2. The maximum Gasteiger partial charge on any atom is 0.124 e. The standard InChI is InChI=1S/C14H21NO3/c1-10(16-2)9-15-13-6-7-18-14-5-4-11(17-3)8-12(13)14/h4-5,8,10,13,15H,6-7,9H2,1-3H3. The average Bonchev–Trinajstić information content (AvgIpc) is 2.43. The Morgan fingerprint density at radius 2 is 2.28 bits per heavy atom. The molecule has 4 heteroatoms. The normalized spacial score (nSPS) is 19.8. The quantitative estimate of drug-likeness (QED) is 0.870. The summed E-state index contributed by atoms with van der Waals surface area (Å²) >= 11 is 0. The lowest BCUT2D eigenvalue weighted by Crippen LogP contribution is -2.32. The van der Waals surface area contributed by atoms with Crippen LogP contribution in [0.2, 0.25) is 0 Å². The van der Waals surface area contributed by atoms with Gasteiger partial charge in [-0.1, -0.05) is 0 Å². The molecule has 0 aromatic heterocycles. The summed E-state index contributed by atoms with van der Waals surface area (Å²) < 4.78 is 16.2. The number of nitrogens with one attached hydrogen (secondary N) is 1. The average molecular weight is 251 g/mol. The molecule has 1 aromatic rings. The van der Waals surface area contributed by atoms with Crippen molar-refractivity contribution in [2.45, 2.75) is 25.5 Å². The first-order chi connectivity index (χ1) is 8.74. The van der Waals surface area contributed by atoms with Crippen LogP contribution in [0.25, 0.3) is 0 Å². The highest BCUT2D eigenvalue weighted by molar-refractivity contribution is 5.43. The van der Waals surface area contributed by atoms with Gasteiger partial charge in [0.1, 0.15) is 11.5 Å². The molecule has 0 saturated carbocycles. The van der Waals surface area contributed by atoms with Crippen LogP contribution in [-0.2, 0) is 4.74 Å². The van der Waals surface area contributed by atoms with Gasteiger partial charge in [-0.15, -0.1) is 0 Å². The summed E-state index contributed by atoms with van der Waals surface area (Å²) in [5, 5.41) is 3.52. The highest BCUT2D eigenvalue weighted by Gasteiger charge is 2.22. The SMILES string of the molecule is COc1ccc2c(c1)C(NCC(C)OC)CCO2. The molecular formula is C14H21NO3. The van der Waals surface area contributed by atoms with Crippen molar-refractivity contribution in [3.63, 3.8) is 0 Å². The van der Waals surface area contributed by atoms with Crippen molar-refractivity contribution in [2.75, 3.05) is 27.4 Å². The second kappa shape index (κ2) is 6.07. The van der Waals surface area contributed by atoms with E-state index in [1.807, 2.05) is 18.2 Å². The Morgan fingerprint density at radius 3 is 3.00 bits per heavy atom. The molecule has 2 unspecified atom stereocenters. The van der Waals surface area contributed by atoms with E-state index in [0.29, 0.717) is 6.04 Å². The number of methoxy groups -OCH3 is 2. The molecule has 1 heterocycles.